The van der Waals surface area contributed by atoms with Gasteiger partial charge in [0.1, 0.15) is 0 Å². The number of imidazole rings is 1. The first-order valence-electron chi connectivity index (χ1n) is 8.74. The summed E-state index contributed by atoms with van der Waals surface area (Å²) in [5, 5.41) is 3.45. The molecule has 27 heavy (non-hydrogen) atoms. The van der Waals surface area contributed by atoms with Crippen LogP contribution >= 0.6 is 24.0 Å². The lowest BCUT2D eigenvalue weighted by Crippen LogP contribution is -2.38. The monoisotopic (exact) mass is 475 g/mol. The van der Waals surface area contributed by atoms with E-state index in [0.717, 1.165) is 25.6 Å². The highest BCUT2D eigenvalue weighted by Gasteiger charge is 2.06. The molecule has 0 fully saturated rings. The smallest absolute Gasteiger partial charge is 0.193 e. The predicted molar refractivity (Wildman–Crippen MR) is 121 cm³/mol. The number of aromatic nitrogens is 2. The summed E-state index contributed by atoms with van der Waals surface area (Å²) in [6.07, 6.45) is 5.62. The van der Waals surface area contributed by atoms with Crippen LogP contribution in [0, 0.1) is 0 Å². The van der Waals surface area contributed by atoms with Crippen molar-refractivity contribution in [2.75, 3.05) is 14.1 Å². The largest absolute Gasteiger partial charge is 0.352 e. The average molecular weight is 475 g/mol. The van der Waals surface area contributed by atoms with Gasteiger partial charge in [0.05, 0.1) is 6.33 Å². The Kier molecular flexibility index (Phi) is 8.32. The normalized spacial score (nSPS) is 11.0. The minimum absolute atomic E-state index is 0. The highest BCUT2D eigenvalue weighted by atomic mass is 127. The molecule has 0 aliphatic rings. The van der Waals surface area contributed by atoms with Gasteiger partial charge in [0.2, 0.25) is 0 Å². The van der Waals surface area contributed by atoms with Crippen LogP contribution in [0.25, 0.3) is 0 Å². The van der Waals surface area contributed by atoms with E-state index in [1.54, 1.807) is 6.20 Å². The lowest BCUT2D eigenvalue weighted by atomic mass is 10.1. The summed E-state index contributed by atoms with van der Waals surface area (Å²) in [5.41, 5.74) is 3.76. The van der Waals surface area contributed by atoms with Gasteiger partial charge in [-0.2, -0.15) is 0 Å². The molecule has 0 atom stereocenters. The van der Waals surface area contributed by atoms with E-state index in [1.165, 1.54) is 16.7 Å². The first kappa shape index (κ1) is 21.0. The molecule has 142 valence electrons. The average Bonchev–Trinajstić information content (AvgIpc) is 3.16. The molecule has 0 saturated carbocycles. The molecule has 0 unspecified atom stereocenters. The quantitative estimate of drug-likeness (QED) is 0.336. The van der Waals surface area contributed by atoms with E-state index in [1.807, 2.05) is 25.6 Å². The molecule has 3 aromatic rings. The van der Waals surface area contributed by atoms with E-state index in [0.29, 0.717) is 0 Å². The van der Waals surface area contributed by atoms with E-state index in [4.69, 9.17) is 0 Å². The van der Waals surface area contributed by atoms with Crippen LogP contribution < -0.4 is 5.32 Å². The van der Waals surface area contributed by atoms with Gasteiger partial charge in [-0.1, -0.05) is 54.6 Å². The zero-order chi connectivity index (χ0) is 18.2. The van der Waals surface area contributed by atoms with Crippen molar-refractivity contribution in [3.8, 4) is 0 Å². The molecule has 1 aromatic heterocycles. The zero-order valence-corrected chi connectivity index (χ0v) is 18.1. The molecule has 1 heterocycles. The fourth-order valence-corrected chi connectivity index (χ4v) is 2.93. The Morgan fingerprint density at radius 1 is 1.07 bits per heavy atom. The van der Waals surface area contributed by atoms with Gasteiger partial charge in [0, 0.05) is 46.1 Å². The molecule has 2 aromatic carbocycles. The van der Waals surface area contributed by atoms with Crippen molar-refractivity contribution >= 4 is 29.9 Å². The Bertz CT molecular complexity index is 831. The highest BCUT2D eigenvalue weighted by Crippen LogP contribution is 2.08. The maximum absolute atomic E-state index is 4.40. The molecule has 6 heteroatoms. The summed E-state index contributed by atoms with van der Waals surface area (Å²) in [4.78, 5) is 10.6. The molecule has 0 amide bonds. The minimum atomic E-state index is 0. The van der Waals surface area contributed by atoms with Gasteiger partial charge in [0.25, 0.3) is 0 Å². The number of hydrogen-bond donors (Lipinski definition) is 1. The lowest BCUT2D eigenvalue weighted by Gasteiger charge is -2.22. The number of benzene rings is 2. The number of rotatable bonds is 6. The number of aliphatic imine (C=N–C) groups is 1. The molecule has 0 aliphatic carbocycles. The Labute approximate surface area is 178 Å². The van der Waals surface area contributed by atoms with E-state index in [-0.39, 0.29) is 24.0 Å². The molecule has 0 spiro atoms. The second-order valence-electron chi connectivity index (χ2n) is 6.30. The van der Waals surface area contributed by atoms with Gasteiger partial charge in [0.15, 0.2) is 5.96 Å². The molecule has 5 nitrogen and oxygen atoms in total. The van der Waals surface area contributed by atoms with E-state index < -0.39 is 0 Å². The van der Waals surface area contributed by atoms with Crippen LogP contribution in [0.1, 0.15) is 16.7 Å². The van der Waals surface area contributed by atoms with Crippen LogP contribution in [-0.4, -0.2) is 34.5 Å². The summed E-state index contributed by atoms with van der Waals surface area (Å²) in [5.74, 6) is 0.883. The lowest BCUT2D eigenvalue weighted by molar-refractivity contribution is 0.476. The molecule has 0 radical (unpaired) electrons. The summed E-state index contributed by atoms with van der Waals surface area (Å²) in [7, 11) is 3.87. The van der Waals surface area contributed by atoms with E-state index in [9.17, 15) is 0 Å². The van der Waals surface area contributed by atoms with Crippen LogP contribution in [-0.2, 0) is 19.6 Å². The number of nitrogens with one attached hydrogen (secondary N) is 1. The Morgan fingerprint density at radius 2 is 1.81 bits per heavy atom. The van der Waals surface area contributed by atoms with Crippen molar-refractivity contribution in [2.45, 2.75) is 19.6 Å². The fraction of sp³-hybridized carbons (Fsp3) is 0.238. The van der Waals surface area contributed by atoms with Crippen LogP contribution in [0.5, 0.6) is 0 Å². The first-order valence-corrected chi connectivity index (χ1v) is 8.74. The molecular formula is C21H26IN5. The molecule has 0 aliphatic heterocycles. The number of hydrogen-bond acceptors (Lipinski definition) is 2. The van der Waals surface area contributed by atoms with Crippen molar-refractivity contribution in [3.05, 3.63) is 90.0 Å². The van der Waals surface area contributed by atoms with Gasteiger partial charge in [-0.25, -0.2) is 4.98 Å². The van der Waals surface area contributed by atoms with Crippen LogP contribution in [0.4, 0.5) is 0 Å². The van der Waals surface area contributed by atoms with Crippen molar-refractivity contribution in [3.63, 3.8) is 0 Å². The Balaban J connectivity index is 0.00000261. The molecular weight excluding hydrogens is 449 g/mol. The van der Waals surface area contributed by atoms with Gasteiger partial charge >= 0.3 is 0 Å². The third kappa shape index (κ3) is 6.39. The summed E-state index contributed by atoms with van der Waals surface area (Å²) in [6, 6.07) is 19.0. The second kappa shape index (κ2) is 10.7. The van der Waals surface area contributed by atoms with E-state index >= 15 is 0 Å². The maximum Gasteiger partial charge on any atom is 0.193 e. The fourth-order valence-electron chi connectivity index (χ4n) is 2.93. The van der Waals surface area contributed by atoms with Crippen molar-refractivity contribution < 1.29 is 0 Å². The summed E-state index contributed by atoms with van der Waals surface area (Å²) in [6.45, 7) is 2.39. The topological polar surface area (TPSA) is 45.5 Å². The van der Waals surface area contributed by atoms with Crippen molar-refractivity contribution in [2.24, 2.45) is 4.99 Å². The van der Waals surface area contributed by atoms with Gasteiger partial charge in [-0.15, -0.1) is 24.0 Å². The number of guanidine groups is 1. The van der Waals surface area contributed by atoms with Crippen LogP contribution in [0.2, 0.25) is 0 Å². The molecule has 0 bridgehead atoms. The van der Waals surface area contributed by atoms with Gasteiger partial charge < -0.3 is 14.8 Å². The summed E-state index contributed by atoms with van der Waals surface area (Å²) >= 11 is 0. The molecule has 1 N–H and O–H groups in total. The van der Waals surface area contributed by atoms with Crippen molar-refractivity contribution in [1.29, 1.82) is 0 Å². The van der Waals surface area contributed by atoms with E-state index in [2.05, 4.69) is 80.3 Å². The number of nitrogens with zero attached hydrogens (tertiary/aromatic N) is 4. The predicted octanol–water partition coefficient (Wildman–Crippen LogP) is 3.76. The molecule has 3 rings (SSSR count). The zero-order valence-electron chi connectivity index (χ0n) is 15.7. The third-order valence-electron chi connectivity index (χ3n) is 4.20. The van der Waals surface area contributed by atoms with Gasteiger partial charge in [-0.3, -0.25) is 4.99 Å². The standard InChI is InChI=1S/C21H25N5.HI/c1-22-21(25(2)15-18-7-4-3-5-8-18)24-14-19-9-6-10-20(13-19)16-26-12-11-23-17-26;/h3-13,17H,14-16H2,1-2H3,(H,22,24);1H. The Hall–Kier alpha value is -2.35. The van der Waals surface area contributed by atoms with Crippen LogP contribution in [0.15, 0.2) is 78.3 Å². The number of halogens is 1. The van der Waals surface area contributed by atoms with Crippen molar-refractivity contribution in [1.82, 2.24) is 19.8 Å². The SMILES string of the molecule is CN=C(NCc1cccc(Cn2ccnc2)c1)N(C)Cc1ccccc1.I. The second-order valence-corrected chi connectivity index (χ2v) is 6.30. The summed E-state index contributed by atoms with van der Waals surface area (Å²) < 4.78 is 2.07. The van der Waals surface area contributed by atoms with Gasteiger partial charge in [-0.05, 0) is 16.7 Å². The minimum Gasteiger partial charge on any atom is -0.352 e. The van der Waals surface area contributed by atoms with Crippen LogP contribution in [0.3, 0.4) is 0 Å². The Morgan fingerprint density at radius 3 is 2.52 bits per heavy atom. The third-order valence-corrected chi connectivity index (χ3v) is 4.20. The highest BCUT2D eigenvalue weighted by molar-refractivity contribution is 14.0. The maximum atomic E-state index is 4.40. The molecule has 0 saturated heterocycles. The first-order chi connectivity index (χ1) is 12.7.